The molecule has 0 atom stereocenters. The molecule has 0 saturated carbocycles. The van der Waals surface area contributed by atoms with Crippen molar-refractivity contribution in [2.24, 2.45) is 7.05 Å². The van der Waals surface area contributed by atoms with E-state index in [0.717, 1.165) is 23.2 Å². The summed E-state index contributed by atoms with van der Waals surface area (Å²) in [4.78, 5) is 8.73. The first-order valence-electron chi connectivity index (χ1n) is 7.60. The average molecular weight is 340 g/mol. The summed E-state index contributed by atoms with van der Waals surface area (Å²) in [6.45, 7) is 0.177. The molecule has 0 aliphatic heterocycles. The van der Waals surface area contributed by atoms with E-state index in [1.165, 1.54) is 6.07 Å². The highest BCUT2D eigenvalue weighted by atomic mass is 19.1. The first-order chi connectivity index (χ1) is 12.1. The maximum atomic E-state index is 13.9. The minimum absolute atomic E-state index is 0.177. The lowest BCUT2D eigenvalue weighted by atomic mass is 10.2. The third-order valence-electron chi connectivity index (χ3n) is 3.81. The molecule has 0 spiro atoms. The Morgan fingerprint density at radius 1 is 1.16 bits per heavy atom. The van der Waals surface area contributed by atoms with E-state index >= 15 is 0 Å². The van der Waals surface area contributed by atoms with Crippen LogP contribution in [0.15, 0.2) is 49.1 Å². The molecule has 8 heteroatoms. The normalized spacial score (nSPS) is 11.2. The van der Waals surface area contributed by atoms with E-state index in [0.29, 0.717) is 11.6 Å². The molecule has 4 rings (SSSR count). The zero-order valence-corrected chi connectivity index (χ0v) is 13.3. The van der Waals surface area contributed by atoms with Crippen molar-refractivity contribution < 1.29 is 8.78 Å². The van der Waals surface area contributed by atoms with Gasteiger partial charge in [-0.15, -0.1) is 0 Å². The predicted molar refractivity (Wildman–Crippen MR) is 89.5 cm³/mol. The van der Waals surface area contributed by atoms with Gasteiger partial charge in [-0.3, -0.25) is 4.68 Å². The maximum Gasteiger partial charge on any atom is 0.229 e. The quantitative estimate of drug-likeness (QED) is 0.620. The molecule has 1 aromatic carbocycles. The van der Waals surface area contributed by atoms with Gasteiger partial charge in [0.1, 0.15) is 17.3 Å². The van der Waals surface area contributed by atoms with E-state index in [9.17, 15) is 8.78 Å². The van der Waals surface area contributed by atoms with Crippen molar-refractivity contribution in [1.82, 2.24) is 24.3 Å². The van der Waals surface area contributed by atoms with Crippen LogP contribution in [0.2, 0.25) is 0 Å². The lowest BCUT2D eigenvalue weighted by Crippen LogP contribution is -2.04. The first-order valence-corrected chi connectivity index (χ1v) is 7.60. The van der Waals surface area contributed by atoms with E-state index in [4.69, 9.17) is 0 Å². The molecule has 3 heterocycles. The summed E-state index contributed by atoms with van der Waals surface area (Å²) in [5.74, 6) is -0.521. The van der Waals surface area contributed by atoms with Gasteiger partial charge in [0.25, 0.3) is 0 Å². The standard InChI is InChI=1S/C17H14F2N6/c1-24-10-14(8-21-24)22-17-20-7-11-4-5-25(16(11)23-17)9-12-6-13(18)2-3-15(12)19/h2-8,10H,9H2,1H3,(H,20,22,23). The van der Waals surface area contributed by atoms with E-state index < -0.39 is 11.6 Å². The Kier molecular flexibility index (Phi) is 3.64. The first kappa shape index (κ1) is 15.3. The average Bonchev–Trinajstić information content (AvgIpc) is 3.17. The van der Waals surface area contributed by atoms with Crippen LogP contribution in [0.1, 0.15) is 5.56 Å². The summed E-state index contributed by atoms with van der Waals surface area (Å²) >= 11 is 0. The topological polar surface area (TPSA) is 60.6 Å². The molecule has 1 N–H and O–H groups in total. The molecule has 0 amide bonds. The summed E-state index contributed by atoms with van der Waals surface area (Å²) in [6, 6.07) is 5.25. The van der Waals surface area contributed by atoms with Crippen LogP contribution in [0.25, 0.3) is 11.0 Å². The number of aryl methyl sites for hydroxylation is 1. The molecule has 4 aromatic rings. The molecule has 6 nitrogen and oxygen atoms in total. The van der Waals surface area contributed by atoms with Crippen molar-refractivity contribution >= 4 is 22.7 Å². The molecular weight excluding hydrogens is 326 g/mol. The number of halogens is 2. The van der Waals surface area contributed by atoms with Crippen LogP contribution >= 0.6 is 0 Å². The number of hydrogen-bond acceptors (Lipinski definition) is 4. The van der Waals surface area contributed by atoms with Gasteiger partial charge in [-0.2, -0.15) is 10.1 Å². The van der Waals surface area contributed by atoms with Crippen molar-refractivity contribution in [2.45, 2.75) is 6.54 Å². The van der Waals surface area contributed by atoms with Crippen LogP contribution in [0.4, 0.5) is 20.4 Å². The van der Waals surface area contributed by atoms with Crippen LogP contribution in [-0.2, 0) is 13.6 Å². The lowest BCUT2D eigenvalue weighted by Gasteiger charge is -2.08. The van der Waals surface area contributed by atoms with Gasteiger partial charge in [0.05, 0.1) is 18.4 Å². The number of rotatable bonds is 4. The van der Waals surface area contributed by atoms with Crippen LogP contribution in [0, 0.1) is 11.6 Å². The predicted octanol–water partition coefficient (Wildman–Crippen LogP) is 3.23. The molecule has 126 valence electrons. The minimum Gasteiger partial charge on any atom is -0.328 e. The highest BCUT2D eigenvalue weighted by Gasteiger charge is 2.10. The molecule has 0 bridgehead atoms. The van der Waals surface area contributed by atoms with E-state index in [1.54, 1.807) is 34.0 Å². The lowest BCUT2D eigenvalue weighted by molar-refractivity contribution is 0.578. The van der Waals surface area contributed by atoms with Gasteiger partial charge < -0.3 is 9.88 Å². The Balaban J connectivity index is 1.67. The monoisotopic (exact) mass is 340 g/mol. The third kappa shape index (κ3) is 3.06. The van der Waals surface area contributed by atoms with Gasteiger partial charge >= 0.3 is 0 Å². The minimum atomic E-state index is -0.471. The van der Waals surface area contributed by atoms with Crippen molar-refractivity contribution in [3.05, 3.63) is 66.3 Å². The Morgan fingerprint density at radius 2 is 2.04 bits per heavy atom. The number of nitrogens with one attached hydrogen (secondary N) is 1. The van der Waals surface area contributed by atoms with Crippen LogP contribution in [0.3, 0.4) is 0 Å². The largest absolute Gasteiger partial charge is 0.328 e. The molecule has 0 aliphatic rings. The van der Waals surface area contributed by atoms with Gasteiger partial charge in [-0.25, -0.2) is 13.8 Å². The zero-order chi connectivity index (χ0) is 17.4. The summed E-state index contributed by atoms with van der Waals surface area (Å²) in [6.07, 6.45) is 6.92. The summed E-state index contributed by atoms with van der Waals surface area (Å²) < 4.78 is 30.7. The van der Waals surface area contributed by atoms with Crippen LogP contribution in [-0.4, -0.2) is 24.3 Å². The number of fused-ring (bicyclic) bond motifs is 1. The molecule has 25 heavy (non-hydrogen) atoms. The summed E-state index contributed by atoms with van der Waals surface area (Å²) in [5, 5.41) is 7.95. The van der Waals surface area contributed by atoms with Crippen molar-refractivity contribution in [1.29, 1.82) is 0 Å². The number of aromatic nitrogens is 5. The van der Waals surface area contributed by atoms with E-state index in [1.807, 2.05) is 13.1 Å². The molecule has 0 unspecified atom stereocenters. The third-order valence-corrected chi connectivity index (χ3v) is 3.81. The summed E-state index contributed by atoms with van der Waals surface area (Å²) in [5.41, 5.74) is 1.65. The molecule has 0 radical (unpaired) electrons. The van der Waals surface area contributed by atoms with Crippen molar-refractivity contribution in [3.8, 4) is 0 Å². The molecule has 0 saturated heterocycles. The van der Waals surface area contributed by atoms with Crippen molar-refractivity contribution in [2.75, 3.05) is 5.32 Å². The Labute approximate surface area is 141 Å². The van der Waals surface area contributed by atoms with Crippen LogP contribution in [0.5, 0.6) is 0 Å². The smallest absolute Gasteiger partial charge is 0.229 e. The fraction of sp³-hybridized carbons (Fsp3) is 0.118. The van der Waals surface area contributed by atoms with Gasteiger partial charge in [0, 0.05) is 36.6 Å². The Morgan fingerprint density at radius 3 is 2.84 bits per heavy atom. The highest BCUT2D eigenvalue weighted by Crippen LogP contribution is 2.19. The van der Waals surface area contributed by atoms with Crippen molar-refractivity contribution in [3.63, 3.8) is 0 Å². The van der Waals surface area contributed by atoms with Gasteiger partial charge in [0.15, 0.2) is 0 Å². The molecular formula is C17H14F2N6. The Hall–Kier alpha value is -3.29. The SMILES string of the molecule is Cn1cc(Nc2ncc3ccn(Cc4cc(F)ccc4F)c3n2)cn1. The number of benzene rings is 1. The maximum absolute atomic E-state index is 13.9. The number of hydrogen-bond donors (Lipinski definition) is 1. The van der Waals surface area contributed by atoms with E-state index in [2.05, 4.69) is 20.4 Å². The second-order valence-electron chi connectivity index (χ2n) is 5.68. The summed E-state index contributed by atoms with van der Waals surface area (Å²) in [7, 11) is 1.81. The van der Waals surface area contributed by atoms with Gasteiger partial charge in [-0.1, -0.05) is 0 Å². The molecule has 0 aliphatic carbocycles. The van der Waals surface area contributed by atoms with Gasteiger partial charge in [0.2, 0.25) is 5.95 Å². The number of nitrogens with zero attached hydrogens (tertiary/aromatic N) is 5. The second-order valence-corrected chi connectivity index (χ2v) is 5.68. The molecule has 3 aromatic heterocycles. The second kappa shape index (κ2) is 5.97. The Bertz CT molecular complexity index is 1050. The molecule has 0 fully saturated rings. The van der Waals surface area contributed by atoms with E-state index in [-0.39, 0.29) is 12.1 Å². The van der Waals surface area contributed by atoms with Crippen LogP contribution < -0.4 is 5.32 Å². The fourth-order valence-electron chi connectivity index (χ4n) is 2.62. The fourth-order valence-corrected chi connectivity index (χ4v) is 2.62. The zero-order valence-electron chi connectivity index (χ0n) is 13.3. The van der Waals surface area contributed by atoms with Gasteiger partial charge in [-0.05, 0) is 24.3 Å². The highest BCUT2D eigenvalue weighted by molar-refractivity contribution is 5.76. The number of anilines is 2.